The Morgan fingerprint density at radius 3 is 2.94 bits per heavy atom. The number of nitrogens with one attached hydrogen (secondary N) is 1. The molecule has 0 bridgehead atoms. The van der Waals surface area contributed by atoms with Crippen molar-refractivity contribution in [3.63, 3.8) is 0 Å². The van der Waals surface area contributed by atoms with Crippen molar-refractivity contribution in [2.24, 2.45) is 5.92 Å². The van der Waals surface area contributed by atoms with Crippen LogP contribution in [0.3, 0.4) is 0 Å². The minimum Gasteiger partial charge on any atom is -0.481 e. The maximum atomic E-state index is 11.6. The highest BCUT2D eigenvalue weighted by atomic mass is 32.1. The Hall–Kier alpha value is -1.50. The Bertz CT molecular complexity index is 393. The summed E-state index contributed by atoms with van der Waals surface area (Å²) >= 11 is 0.956. The molecule has 0 saturated heterocycles. The minimum absolute atomic E-state index is 0.251. The zero-order valence-electron chi connectivity index (χ0n) is 8.42. The lowest BCUT2D eigenvalue weighted by atomic mass is 10.0. The molecule has 0 aliphatic heterocycles. The van der Waals surface area contributed by atoms with Gasteiger partial charge in [0.15, 0.2) is 5.69 Å². The fourth-order valence-corrected chi connectivity index (χ4v) is 2.35. The molecule has 1 aromatic heterocycles. The predicted molar refractivity (Wildman–Crippen MR) is 56.1 cm³/mol. The first-order valence-electron chi connectivity index (χ1n) is 4.99. The number of hydrogen-bond donors (Lipinski definition) is 2. The zero-order valence-corrected chi connectivity index (χ0v) is 9.24. The second-order valence-electron chi connectivity index (χ2n) is 3.75. The van der Waals surface area contributed by atoms with Crippen LogP contribution in [0.25, 0.3) is 0 Å². The van der Waals surface area contributed by atoms with Gasteiger partial charge in [0.1, 0.15) is 0 Å². The number of amides is 1. The van der Waals surface area contributed by atoms with Gasteiger partial charge in [-0.05, 0) is 12.8 Å². The van der Waals surface area contributed by atoms with E-state index in [0.717, 1.165) is 18.1 Å². The number of hydrogen-bond acceptors (Lipinski definition) is 5. The lowest BCUT2D eigenvalue weighted by Gasteiger charge is -2.16. The molecule has 1 aliphatic carbocycles. The van der Waals surface area contributed by atoms with Gasteiger partial charge in [-0.2, -0.15) is 8.75 Å². The first-order valence-corrected chi connectivity index (χ1v) is 5.72. The smallest absolute Gasteiger partial charge is 0.308 e. The van der Waals surface area contributed by atoms with Crippen LogP contribution < -0.4 is 5.32 Å². The van der Waals surface area contributed by atoms with E-state index < -0.39 is 11.9 Å². The van der Waals surface area contributed by atoms with Gasteiger partial charge in [0.05, 0.1) is 23.8 Å². The number of rotatable bonds is 3. The Morgan fingerprint density at radius 1 is 1.50 bits per heavy atom. The third-order valence-electron chi connectivity index (χ3n) is 2.74. The molecule has 7 heteroatoms. The van der Waals surface area contributed by atoms with Gasteiger partial charge in [0.2, 0.25) is 0 Å². The fourth-order valence-electron chi connectivity index (χ4n) is 1.94. The van der Waals surface area contributed by atoms with Gasteiger partial charge in [0.25, 0.3) is 5.91 Å². The van der Waals surface area contributed by atoms with Crippen LogP contribution in [0.15, 0.2) is 6.20 Å². The van der Waals surface area contributed by atoms with E-state index in [9.17, 15) is 9.59 Å². The van der Waals surface area contributed by atoms with E-state index >= 15 is 0 Å². The molecular formula is C9H11N3O3S. The van der Waals surface area contributed by atoms with Crippen molar-refractivity contribution in [2.45, 2.75) is 25.3 Å². The third kappa shape index (κ3) is 2.19. The highest BCUT2D eigenvalue weighted by Crippen LogP contribution is 2.25. The number of carbonyl (C=O) groups excluding carboxylic acids is 1. The van der Waals surface area contributed by atoms with E-state index in [2.05, 4.69) is 14.1 Å². The van der Waals surface area contributed by atoms with Gasteiger partial charge in [-0.15, -0.1) is 0 Å². The average molecular weight is 241 g/mol. The van der Waals surface area contributed by atoms with Crippen molar-refractivity contribution in [2.75, 3.05) is 0 Å². The first kappa shape index (κ1) is 11.0. The molecular weight excluding hydrogens is 230 g/mol. The lowest BCUT2D eigenvalue weighted by Crippen LogP contribution is -2.40. The molecule has 6 nitrogen and oxygen atoms in total. The molecule has 1 heterocycles. The van der Waals surface area contributed by atoms with E-state index in [0.29, 0.717) is 12.8 Å². The molecule has 1 saturated carbocycles. The molecule has 1 aromatic rings. The van der Waals surface area contributed by atoms with Crippen molar-refractivity contribution in [3.05, 3.63) is 11.9 Å². The summed E-state index contributed by atoms with van der Waals surface area (Å²) in [4.78, 5) is 22.5. The molecule has 2 atom stereocenters. The summed E-state index contributed by atoms with van der Waals surface area (Å²) in [6.45, 7) is 0. The van der Waals surface area contributed by atoms with E-state index in [4.69, 9.17) is 5.11 Å². The summed E-state index contributed by atoms with van der Waals surface area (Å²) in [5.41, 5.74) is 0.251. The van der Waals surface area contributed by atoms with Gasteiger partial charge < -0.3 is 10.4 Å². The number of aliphatic carboxylic acids is 1. The van der Waals surface area contributed by atoms with Crippen LogP contribution in [0.5, 0.6) is 0 Å². The Morgan fingerprint density at radius 2 is 2.31 bits per heavy atom. The van der Waals surface area contributed by atoms with Gasteiger partial charge in [-0.3, -0.25) is 9.59 Å². The van der Waals surface area contributed by atoms with Gasteiger partial charge in [-0.1, -0.05) is 6.42 Å². The second-order valence-corrected chi connectivity index (χ2v) is 4.30. The summed E-state index contributed by atoms with van der Waals surface area (Å²) in [5, 5.41) is 11.6. The van der Waals surface area contributed by atoms with Crippen molar-refractivity contribution < 1.29 is 14.7 Å². The van der Waals surface area contributed by atoms with Crippen molar-refractivity contribution in [3.8, 4) is 0 Å². The minimum atomic E-state index is -0.848. The highest BCUT2D eigenvalue weighted by molar-refractivity contribution is 6.99. The maximum Gasteiger partial charge on any atom is 0.308 e. The molecule has 0 unspecified atom stereocenters. The van der Waals surface area contributed by atoms with Gasteiger partial charge in [-0.25, -0.2) is 0 Å². The number of nitrogens with zero attached hydrogens (tertiary/aromatic N) is 2. The van der Waals surface area contributed by atoms with Crippen LogP contribution in [0.4, 0.5) is 0 Å². The molecule has 0 spiro atoms. The van der Waals surface area contributed by atoms with Crippen LogP contribution in [0.2, 0.25) is 0 Å². The van der Waals surface area contributed by atoms with Crippen molar-refractivity contribution >= 4 is 23.6 Å². The number of aromatic nitrogens is 2. The Labute approximate surface area is 96.0 Å². The molecule has 86 valence electrons. The van der Waals surface area contributed by atoms with Gasteiger partial charge in [0, 0.05) is 6.04 Å². The number of carboxylic acids is 1. The molecule has 1 aliphatic rings. The fraction of sp³-hybridized carbons (Fsp3) is 0.556. The van der Waals surface area contributed by atoms with Crippen LogP contribution in [-0.4, -0.2) is 31.8 Å². The summed E-state index contributed by atoms with van der Waals surface area (Å²) in [5.74, 6) is -1.67. The highest BCUT2D eigenvalue weighted by Gasteiger charge is 2.34. The zero-order chi connectivity index (χ0) is 11.5. The second kappa shape index (κ2) is 4.56. The van der Waals surface area contributed by atoms with Crippen molar-refractivity contribution in [1.29, 1.82) is 0 Å². The monoisotopic (exact) mass is 241 g/mol. The molecule has 0 aromatic carbocycles. The molecule has 16 heavy (non-hydrogen) atoms. The van der Waals surface area contributed by atoms with Crippen LogP contribution in [0, 0.1) is 5.92 Å². The third-order valence-corrected chi connectivity index (χ3v) is 3.22. The number of carbonyl (C=O) groups is 2. The average Bonchev–Trinajstić information content (AvgIpc) is 2.86. The summed E-state index contributed by atoms with van der Waals surface area (Å²) in [6, 6.07) is -0.285. The van der Waals surface area contributed by atoms with Crippen molar-refractivity contribution in [1.82, 2.24) is 14.1 Å². The number of carboxylic acid groups (broad SMARTS) is 1. The van der Waals surface area contributed by atoms with Gasteiger partial charge >= 0.3 is 5.97 Å². The van der Waals surface area contributed by atoms with Crippen LogP contribution >= 0.6 is 11.7 Å². The summed E-state index contributed by atoms with van der Waals surface area (Å²) in [6.07, 6.45) is 3.54. The van der Waals surface area contributed by atoms with Crippen LogP contribution in [-0.2, 0) is 4.79 Å². The van der Waals surface area contributed by atoms with E-state index in [1.54, 1.807) is 0 Å². The Kier molecular flexibility index (Phi) is 3.14. The van der Waals surface area contributed by atoms with E-state index in [1.165, 1.54) is 6.20 Å². The largest absolute Gasteiger partial charge is 0.481 e. The van der Waals surface area contributed by atoms with Crippen LogP contribution in [0.1, 0.15) is 29.8 Å². The predicted octanol–water partition coefficient (Wildman–Crippen LogP) is 0.521. The molecule has 2 N–H and O–H groups in total. The molecule has 1 fully saturated rings. The molecule has 2 rings (SSSR count). The topological polar surface area (TPSA) is 92.2 Å². The lowest BCUT2D eigenvalue weighted by molar-refractivity contribution is -0.142. The quantitative estimate of drug-likeness (QED) is 0.805. The summed E-state index contributed by atoms with van der Waals surface area (Å²) < 4.78 is 7.52. The van der Waals surface area contributed by atoms with E-state index in [1.807, 2.05) is 0 Å². The maximum absolute atomic E-state index is 11.6. The Balaban J connectivity index is 1.99. The van der Waals surface area contributed by atoms with E-state index in [-0.39, 0.29) is 17.6 Å². The summed E-state index contributed by atoms with van der Waals surface area (Å²) in [7, 11) is 0. The molecule has 0 radical (unpaired) electrons. The normalized spacial score (nSPS) is 24.2. The standard InChI is InChI=1S/C9H11N3O3S/c13-8(7-4-10-16-12-7)11-6-3-1-2-5(6)9(14)15/h4-6H,1-3H2,(H,11,13)(H,14,15)/t5-,6+/m1/s1. The first-order chi connectivity index (χ1) is 7.68. The SMILES string of the molecule is O=C(N[C@H]1CCC[C@H]1C(=O)O)c1cnsn1. The molecule has 1 amide bonds.